The summed E-state index contributed by atoms with van der Waals surface area (Å²) in [5.74, 6) is 0.581. The molecule has 0 radical (unpaired) electrons. The Morgan fingerprint density at radius 3 is 2.86 bits per heavy atom. The standard InChI is InChI=1S/C11H16FNS/c1-3-8(2)14-7-9-6-10(12)4-5-11(9)13/h4-6,8H,3,7,13H2,1-2H3. The van der Waals surface area contributed by atoms with Crippen LogP contribution in [0.2, 0.25) is 0 Å². The van der Waals surface area contributed by atoms with Crippen LogP contribution in [-0.4, -0.2) is 5.25 Å². The maximum Gasteiger partial charge on any atom is 0.123 e. The molecular formula is C11H16FNS. The quantitative estimate of drug-likeness (QED) is 0.775. The zero-order chi connectivity index (χ0) is 10.6. The van der Waals surface area contributed by atoms with Gasteiger partial charge >= 0.3 is 0 Å². The Morgan fingerprint density at radius 1 is 1.50 bits per heavy atom. The number of anilines is 1. The highest BCUT2D eigenvalue weighted by molar-refractivity contribution is 7.99. The SMILES string of the molecule is CCC(C)SCc1cc(F)ccc1N. The molecule has 1 nitrogen and oxygen atoms in total. The van der Waals surface area contributed by atoms with Crippen LogP contribution in [0.15, 0.2) is 18.2 Å². The van der Waals surface area contributed by atoms with E-state index >= 15 is 0 Å². The van der Waals surface area contributed by atoms with Crippen LogP contribution in [0, 0.1) is 5.82 Å². The van der Waals surface area contributed by atoms with E-state index in [4.69, 9.17) is 5.73 Å². The second-order valence-electron chi connectivity index (χ2n) is 3.37. The van der Waals surface area contributed by atoms with E-state index < -0.39 is 0 Å². The number of nitrogens with two attached hydrogens (primary N) is 1. The van der Waals surface area contributed by atoms with Crippen LogP contribution in [0.5, 0.6) is 0 Å². The van der Waals surface area contributed by atoms with Gasteiger partial charge in [0.15, 0.2) is 0 Å². The third-order valence-corrected chi connectivity index (χ3v) is 3.58. The van der Waals surface area contributed by atoms with Gasteiger partial charge in [-0.3, -0.25) is 0 Å². The molecule has 78 valence electrons. The lowest BCUT2D eigenvalue weighted by molar-refractivity contribution is 0.627. The van der Waals surface area contributed by atoms with Gasteiger partial charge in [0.1, 0.15) is 5.82 Å². The van der Waals surface area contributed by atoms with E-state index in [1.165, 1.54) is 12.1 Å². The van der Waals surface area contributed by atoms with E-state index in [2.05, 4.69) is 13.8 Å². The van der Waals surface area contributed by atoms with Gasteiger partial charge < -0.3 is 5.73 Å². The van der Waals surface area contributed by atoms with Crippen molar-refractivity contribution in [2.75, 3.05) is 5.73 Å². The smallest absolute Gasteiger partial charge is 0.123 e. The Bertz CT molecular complexity index is 301. The minimum Gasteiger partial charge on any atom is -0.398 e. The van der Waals surface area contributed by atoms with Gasteiger partial charge in [-0.05, 0) is 30.2 Å². The third-order valence-electron chi connectivity index (χ3n) is 2.20. The van der Waals surface area contributed by atoms with Gasteiger partial charge in [-0.25, -0.2) is 4.39 Å². The van der Waals surface area contributed by atoms with E-state index in [1.807, 2.05) is 0 Å². The first kappa shape index (κ1) is 11.4. The Kier molecular flexibility index (Phi) is 4.26. The molecule has 0 fully saturated rings. The molecule has 0 aromatic heterocycles. The molecule has 0 amide bonds. The number of thioether (sulfide) groups is 1. The largest absolute Gasteiger partial charge is 0.398 e. The van der Waals surface area contributed by atoms with Gasteiger partial charge in [-0.2, -0.15) is 11.8 Å². The molecule has 0 heterocycles. The number of halogens is 1. The van der Waals surface area contributed by atoms with Crippen molar-refractivity contribution in [2.45, 2.75) is 31.3 Å². The molecule has 1 rings (SSSR count). The highest BCUT2D eigenvalue weighted by Crippen LogP contribution is 2.23. The molecule has 1 unspecified atom stereocenters. The summed E-state index contributed by atoms with van der Waals surface area (Å²) >= 11 is 1.81. The average molecular weight is 213 g/mol. The molecule has 0 spiro atoms. The van der Waals surface area contributed by atoms with Crippen molar-refractivity contribution >= 4 is 17.4 Å². The fourth-order valence-electron chi connectivity index (χ4n) is 1.05. The molecule has 3 heteroatoms. The zero-order valence-electron chi connectivity index (χ0n) is 8.59. The van der Waals surface area contributed by atoms with Crippen molar-refractivity contribution in [1.29, 1.82) is 0 Å². The van der Waals surface area contributed by atoms with Gasteiger partial charge in [0.05, 0.1) is 0 Å². The van der Waals surface area contributed by atoms with Gasteiger partial charge in [-0.15, -0.1) is 0 Å². The highest BCUT2D eigenvalue weighted by atomic mass is 32.2. The molecule has 0 bridgehead atoms. The predicted molar refractivity (Wildman–Crippen MR) is 61.9 cm³/mol. The van der Waals surface area contributed by atoms with Crippen LogP contribution in [0.25, 0.3) is 0 Å². The topological polar surface area (TPSA) is 26.0 Å². The Labute approximate surface area is 88.9 Å². The fourth-order valence-corrected chi connectivity index (χ4v) is 2.00. The van der Waals surface area contributed by atoms with Crippen LogP contribution in [0.1, 0.15) is 25.8 Å². The van der Waals surface area contributed by atoms with Crippen molar-refractivity contribution in [3.63, 3.8) is 0 Å². The molecule has 0 aliphatic carbocycles. The van der Waals surface area contributed by atoms with E-state index in [1.54, 1.807) is 17.8 Å². The fraction of sp³-hybridized carbons (Fsp3) is 0.455. The lowest BCUT2D eigenvalue weighted by Gasteiger charge is -2.09. The average Bonchev–Trinajstić information content (AvgIpc) is 2.19. The van der Waals surface area contributed by atoms with Gasteiger partial charge in [0.25, 0.3) is 0 Å². The van der Waals surface area contributed by atoms with Gasteiger partial charge in [-0.1, -0.05) is 13.8 Å². The van der Waals surface area contributed by atoms with Crippen LogP contribution in [0.4, 0.5) is 10.1 Å². The summed E-state index contributed by atoms with van der Waals surface area (Å²) in [5.41, 5.74) is 7.32. The van der Waals surface area contributed by atoms with Crippen molar-refractivity contribution in [1.82, 2.24) is 0 Å². The lowest BCUT2D eigenvalue weighted by Crippen LogP contribution is -1.97. The molecule has 2 N–H and O–H groups in total. The summed E-state index contributed by atoms with van der Waals surface area (Å²) in [6.07, 6.45) is 1.12. The van der Waals surface area contributed by atoms with Crippen LogP contribution >= 0.6 is 11.8 Å². The van der Waals surface area contributed by atoms with E-state index in [-0.39, 0.29) is 5.82 Å². The van der Waals surface area contributed by atoms with Crippen LogP contribution < -0.4 is 5.73 Å². The second kappa shape index (κ2) is 5.25. The summed E-state index contributed by atoms with van der Waals surface area (Å²) in [7, 11) is 0. The summed E-state index contributed by atoms with van der Waals surface area (Å²) in [4.78, 5) is 0. The number of rotatable bonds is 4. The first-order valence-electron chi connectivity index (χ1n) is 4.79. The van der Waals surface area contributed by atoms with Gasteiger partial charge in [0, 0.05) is 16.7 Å². The molecule has 0 saturated carbocycles. The minimum atomic E-state index is -0.209. The Hall–Kier alpha value is -0.700. The minimum absolute atomic E-state index is 0.209. The molecule has 1 aromatic carbocycles. The first-order chi connectivity index (χ1) is 6.63. The van der Waals surface area contributed by atoms with Crippen molar-refractivity contribution < 1.29 is 4.39 Å². The molecular weight excluding hydrogens is 197 g/mol. The maximum absolute atomic E-state index is 12.9. The van der Waals surface area contributed by atoms with E-state index in [0.717, 1.165) is 17.7 Å². The summed E-state index contributed by atoms with van der Waals surface area (Å²) in [6, 6.07) is 4.54. The van der Waals surface area contributed by atoms with E-state index in [0.29, 0.717) is 10.9 Å². The molecule has 14 heavy (non-hydrogen) atoms. The maximum atomic E-state index is 12.9. The second-order valence-corrected chi connectivity index (χ2v) is 4.80. The number of hydrogen-bond acceptors (Lipinski definition) is 2. The van der Waals surface area contributed by atoms with Crippen LogP contribution in [-0.2, 0) is 5.75 Å². The first-order valence-corrected chi connectivity index (χ1v) is 5.84. The zero-order valence-corrected chi connectivity index (χ0v) is 9.40. The Balaban J connectivity index is 2.62. The summed E-state index contributed by atoms with van der Waals surface area (Å²) in [6.45, 7) is 4.31. The summed E-state index contributed by atoms with van der Waals surface area (Å²) in [5, 5.41) is 0.595. The molecule has 0 saturated heterocycles. The number of hydrogen-bond donors (Lipinski definition) is 1. The van der Waals surface area contributed by atoms with Crippen molar-refractivity contribution in [3.05, 3.63) is 29.6 Å². The third kappa shape index (κ3) is 3.22. The van der Waals surface area contributed by atoms with Crippen LogP contribution in [0.3, 0.4) is 0 Å². The lowest BCUT2D eigenvalue weighted by atomic mass is 10.2. The number of nitrogen functional groups attached to an aromatic ring is 1. The molecule has 0 aliphatic heterocycles. The molecule has 1 aromatic rings. The van der Waals surface area contributed by atoms with Crippen molar-refractivity contribution in [3.8, 4) is 0 Å². The van der Waals surface area contributed by atoms with Gasteiger partial charge in [0.2, 0.25) is 0 Å². The summed E-state index contributed by atoms with van der Waals surface area (Å²) < 4.78 is 12.9. The van der Waals surface area contributed by atoms with Crippen molar-refractivity contribution in [2.24, 2.45) is 0 Å². The predicted octanol–water partition coefficient (Wildman–Crippen LogP) is 3.44. The van der Waals surface area contributed by atoms with E-state index in [9.17, 15) is 4.39 Å². The Morgan fingerprint density at radius 2 is 2.21 bits per heavy atom. The normalized spacial score (nSPS) is 12.8. The monoisotopic (exact) mass is 213 g/mol. The highest BCUT2D eigenvalue weighted by Gasteiger charge is 2.04. The number of benzene rings is 1. The molecule has 0 aliphatic rings. The molecule has 1 atom stereocenters.